The van der Waals surface area contributed by atoms with E-state index in [2.05, 4.69) is 5.32 Å². The normalized spacial score (nSPS) is 15.0. The lowest BCUT2D eigenvalue weighted by Gasteiger charge is -2.37. The van der Waals surface area contributed by atoms with E-state index in [0.717, 1.165) is 5.56 Å². The molecular weight excluding hydrogens is 347 g/mol. The fourth-order valence-corrected chi connectivity index (χ4v) is 3.22. The number of likely N-dealkylation sites (tertiary alicyclic amines) is 1. The van der Waals surface area contributed by atoms with Gasteiger partial charge in [0, 0.05) is 34.3 Å². The van der Waals surface area contributed by atoms with Gasteiger partial charge in [0.05, 0.1) is 0 Å². The minimum absolute atomic E-state index is 0.0644. The van der Waals surface area contributed by atoms with Gasteiger partial charge in [-0.25, -0.2) is 0 Å². The topological polar surface area (TPSA) is 49.4 Å². The number of β-lactam (4-membered cyclic amide) rings is 1. The number of carbonyl (C=O) groups excluding carboxylic acids is 2. The summed E-state index contributed by atoms with van der Waals surface area (Å²) in [6.45, 7) is 2.48. The van der Waals surface area contributed by atoms with E-state index in [1.807, 2.05) is 31.2 Å². The van der Waals surface area contributed by atoms with Crippen LogP contribution in [0.25, 0.3) is 0 Å². The Morgan fingerprint density at radius 3 is 2.58 bits per heavy atom. The van der Waals surface area contributed by atoms with Gasteiger partial charge < -0.3 is 10.2 Å². The zero-order chi connectivity index (χ0) is 17.3. The Hall–Kier alpha value is -2.04. The summed E-state index contributed by atoms with van der Waals surface area (Å²) in [5, 5.41) is 3.72. The third kappa shape index (κ3) is 3.40. The molecule has 124 valence electrons. The number of rotatable bonds is 4. The van der Waals surface area contributed by atoms with Crippen LogP contribution in [0.5, 0.6) is 0 Å². The molecule has 1 N–H and O–H groups in total. The molecule has 1 fully saturated rings. The Morgan fingerprint density at radius 1 is 1.21 bits per heavy atom. The number of nitrogens with zero attached hydrogens (tertiary/aromatic N) is 1. The van der Waals surface area contributed by atoms with E-state index in [-0.39, 0.29) is 11.8 Å². The molecule has 0 bridgehead atoms. The van der Waals surface area contributed by atoms with Crippen LogP contribution in [0.3, 0.4) is 0 Å². The van der Waals surface area contributed by atoms with Gasteiger partial charge in [-0.1, -0.05) is 41.4 Å². The minimum Gasteiger partial charge on any atom is -0.326 e. The van der Waals surface area contributed by atoms with Crippen molar-refractivity contribution in [3.8, 4) is 0 Å². The average molecular weight is 363 g/mol. The van der Waals surface area contributed by atoms with E-state index >= 15 is 0 Å². The van der Waals surface area contributed by atoms with Crippen molar-refractivity contribution in [3.05, 3.63) is 63.6 Å². The van der Waals surface area contributed by atoms with E-state index < -0.39 is 6.04 Å². The van der Waals surface area contributed by atoms with Crippen molar-refractivity contribution in [2.75, 3.05) is 11.9 Å². The lowest BCUT2D eigenvalue weighted by Crippen LogP contribution is -2.49. The molecule has 0 unspecified atom stereocenters. The highest BCUT2D eigenvalue weighted by atomic mass is 35.5. The van der Waals surface area contributed by atoms with Crippen LogP contribution >= 0.6 is 23.2 Å². The zero-order valence-electron chi connectivity index (χ0n) is 13.1. The van der Waals surface area contributed by atoms with Gasteiger partial charge in [0.25, 0.3) is 5.91 Å². The number of hydrogen-bond donors (Lipinski definition) is 1. The largest absolute Gasteiger partial charge is 0.326 e. The van der Waals surface area contributed by atoms with Crippen molar-refractivity contribution in [2.45, 2.75) is 19.4 Å². The lowest BCUT2D eigenvalue weighted by molar-refractivity contribution is -0.147. The molecular formula is C18H16Cl2N2O2. The van der Waals surface area contributed by atoms with E-state index in [9.17, 15) is 9.59 Å². The van der Waals surface area contributed by atoms with E-state index in [1.165, 1.54) is 4.90 Å². The zero-order valence-corrected chi connectivity index (χ0v) is 14.6. The summed E-state index contributed by atoms with van der Waals surface area (Å²) in [6.07, 6.45) is 0.444. The lowest BCUT2D eigenvalue weighted by atomic mass is 10.00. The summed E-state index contributed by atoms with van der Waals surface area (Å²) in [6, 6.07) is 11.7. The Labute approximate surface area is 150 Å². The maximum atomic E-state index is 12.8. The van der Waals surface area contributed by atoms with Gasteiger partial charge >= 0.3 is 0 Å². The molecule has 3 rings (SSSR count). The van der Waals surface area contributed by atoms with Gasteiger partial charge in [-0.3, -0.25) is 9.59 Å². The molecule has 24 heavy (non-hydrogen) atoms. The second-order valence-electron chi connectivity index (χ2n) is 5.76. The molecule has 1 aliphatic rings. The van der Waals surface area contributed by atoms with E-state index in [1.54, 1.807) is 18.2 Å². The molecule has 4 nitrogen and oxygen atoms in total. The number of aryl methyl sites for hydroxylation is 1. The molecule has 6 heteroatoms. The summed E-state index contributed by atoms with van der Waals surface area (Å²) in [4.78, 5) is 26.3. The van der Waals surface area contributed by atoms with E-state index in [4.69, 9.17) is 23.2 Å². The van der Waals surface area contributed by atoms with Crippen LogP contribution in [0.15, 0.2) is 42.5 Å². The number of anilines is 1. The molecule has 1 heterocycles. The van der Waals surface area contributed by atoms with Crippen molar-refractivity contribution >= 4 is 40.7 Å². The Kier molecular flexibility index (Phi) is 4.78. The van der Waals surface area contributed by atoms with Crippen LogP contribution in [-0.4, -0.2) is 23.3 Å². The van der Waals surface area contributed by atoms with Gasteiger partial charge in [-0.2, -0.15) is 0 Å². The minimum atomic E-state index is -0.767. The number of amides is 2. The molecule has 1 atom stereocenters. The quantitative estimate of drug-likeness (QED) is 0.828. The van der Waals surface area contributed by atoms with Crippen LogP contribution in [0, 0.1) is 6.92 Å². The molecule has 2 aromatic carbocycles. The molecule has 1 saturated heterocycles. The van der Waals surface area contributed by atoms with Gasteiger partial charge in [0.2, 0.25) is 5.91 Å². The fourth-order valence-electron chi connectivity index (χ4n) is 2.71. The Bertz CT molecular complexity index is 807. The first-order valence-corrected chi connectivity index (χ1v) is 8.33. The molecule has 0 aromatic heterocycles. The summed E-state index contributed by atoms with van der Waals surface area (Å²) < 4.78 is 0. The predicted molar refractivity (Wildman–Crippen MR) is 95.3 cm³/mol. The van der Waals surface area contributed by atoms with Crippen molar-refractivity contribution in [3.63, 3.8) is 0 Å². The molecule has 2 amide bonds. The summed E-state index contributed by atoms with van der Waals surface area (Å²) in [5.74, 6) is -0.358. The van der Waals surface area contributed by atoms with Crippen LogP contribution in [0.2, 0.25) is 10.0 Å². The van der Waals surface area contributed by atoms with Crippen LogP contribution in [0.4, 0.5) is 5.69 Å². The first-order valence-electron chi connectivity index (χ1n) is 7.57. The SMILES string of the molecule is Cc1cccc(NC(=O)[C@H](c2ccc(Cl)cc2Cl)N2CCC2=O)c1. The Morgan fingerprint density at radius 2 is 2.00 bits per heavy atom. The first-order chi connectivity index (χ1) is 11.5. The molecule has 1 aliphatic heterocycles. The predicted octanol–water partition coefficient (Wildman–Crippen LogP) is 4.21. The van der Waals surface area contributed by atoms with Gasteiger partial charge in [0.1, 0.15) is 6.04 Å². The van der Waals surface area contributed by atoms with Gasteiger partial charge in [-0.15, -0.1) is 0 Å². The molecule has 0 radical (unpaired) electrons. The number of halogens is 2. The fraction of sp³-hybridized carbons (Fsp3) is 0.222. The van der Waals surface area contributed by atoms with Crippen molar-refractivity contribution < 1.29 is 9.59 Å². The van der Waals surface area contributed by atoms with Gasteiger partial charge in [-0.05, 0) is 36.8 Å². The number of nitrogens with one attached hydrogen (secondary N) is 1. The average Bonchev–Trinajstić information content (AvgIpc) is 2.51. The monoisotopic (exact) mass is 362 g/mol. The Balaban J connectivity index is 1.92. The first kappa shape index (κ1) is 16.8. The highest BCUT2D eigenvalue weighted by molar-refractivity contribution is 6.35. The second-order valence-corrected chi connectivity index (χ2v) is 6.61. The summed E-state index contributed by atoms with van der Waals surface area (Å²) >= 11 is 12.2. The third-order valence-electron chi connectivity index (χ3n) is 3.99. The van der Waals surface area contributed by atoms with Crippen LogP contribution in [-0.2, 0) is 9.59 Å². The van der Waals surface area contributed by atoms with Crippen molar-refractivity contribution in [1.29, 1.82) is 0 Å². The highest BCUT2D eigenvalue weighted by Crippen LogP contribution is 2.34. The van der Waals surface area contributed by atoms with Gasteiger partial charge in [0.15, 0.2) is 0 Å². The smallest absolute Gasteiger partial charge is 0.251 e. The van der Waals surface area contributed by atoms with E-state index in [0.29, 0.717) is 34.3 Å². The molecule has 0 spiro atoms. The van der Waals surface area contributed by atoms with Crippen molar-refractivity contribution in [2.24, 2.45) is 0 Å². The maximum Gasteiger partial charge on any atom is 0.251 e. The highest BCUT2D eigenvalue weighted by Gasteiger charge is 2.37. The van der Waals surface area contributed by atoms with Crippen LogP contribution < -0.4 is 5.32 Å². The summed E-state index contributed by atoms with van der Waals surface area (Å²) in [5.41, 5.74) is 2.29. The molecule has 0 aliphatic carbocycles. The maximum absolute atomic E-state index is 12.8. The second kappa shape index (κ2) is 6.83. The standard InChI is InChI=1S/C18H16Cl2N2O2/c1-11-3-2-4-13(9-11)21-18(24)17(22-8-7-16(22)23)14-6-5-12(19)10-15(14)20/h2-6,9-10,17H,7-8H2,1H3,(H,21,24)/t17-/m0/s1. The van der Waals surface area contributed by atoms with Crippen molar-refractivity contribution in [1.82, 2.24) is 4.90 Å². The molecule has 2 aromatic rings. The molecule has 0 saturated carbocycles. The number of carbonyl (C=O) groups is 2. The summed E-state index contributed by atoms with van der Waals surface area (Å²) in [7, 11) is 0. The third-order valence-corrected chi connectivity index (χ3v) is 4.55. The number of benzene rings is 2. The number of hydrogen-bond acceptors (Lipinski definition) is 2. The van der Waals surface area contributed by atoms with Crippen LogP contribution in [0.1, 0.15) is 23.6 Å².